The lowest BCUT2D eigenvalue weighted by Gasteiger charge is -2.40. The average Bonchev–Trinajstić information content (AvgIpc) is 3.26. The fourth-order valence-electron chi connectivity index (χ4n) is 4.28. The second-order valence-corrected chi connectivity index (χ2v) is 8.80. The standard InChI is InChI=1S/C24H25F4N5O2/c1-15(18-9-19(25)11-20(26)10-18)32-13-22(29-14-32)30-23(34)16(2)31-8-5-24(27,28)21(12-31)17-3-6-33(35)7-4-17/h3-4,6-7,9-11,13-16,21H,5,8,12H2,1-2H3,(H,30,34)/t15-,16+,21-/m1/s1. The summed E-state index contributed by atoms with van der Waals surface area (Å²) in [5.74, 6) is -5.70. The Morgan fingerprint density at radius 1 is 1.20 bits per heavy atom. The molecule has 4 rings (SSSR count). The third kappa shape index (κ3) is 5.45. The number of carbonyl (C=O) groups excluding carboxylic acids is 1. The maximum atomic E-state index is 14.6. The molecule has 1 N–H and O–H groups in total. The third-order valence-electron chi connectivity index (χ3n) is 6.48. The van der Waals surface area contributed by atoms with Crippen molar-refractivity contribution < 1.29 is 27.1 Å². The largest absolute Gasteiger partial charge is 0.619 e. The van der Waals surface area contributed by atoms with Gasteiger partial charge in [0.2, 0.25) is 5.91 Å². The minimum atomic E-state index is -2.97. The molecule has 186 valence electrons. The number of rotatable bonds is 6. The Morgan fingerprint density at radius 3 is 2.51 bits per heavy atom. The van der Waals surface area contributed by atoms with E-state index in [1.54, 1.807) is 23.3 Å². The molecule has 3 aromatic rings. The highest BCUT2D eigenvalue weighted by Gasteiger charge is 2.46. The van der Waals surface area contributed by atoms with Crippen molar-refractivity contribution in [1.29, 1.82) is 0 Å². The van der Waals surface area contributed by atoms with E-state index in [2.05, 4.69) is 10.3 Å². The number of nitrogens with zero attached hydrogens (tertiary/aromatic N) is 4. The van der Waals surface area contributed by atoms with Crippen molar-refractivity contribution in [2.24, 2.45) is 0 Å². The lowest BCUT2D eigenvalue weighted by molar-refractivity contribution is -0.605. The molecule has 2 aromatic heterocycles. The Balaban J connectivity index is 1.43. The first-order chi connectivity index (χ1) is 16.5. The predicted octanol–water partition coefficient (Wildman–Crippen LogP) is 3.86. The van der Waals surface area contributed by atoms with Gasteiger partial charge in [-0.15, -0.1) is 0 Å². The SMILES string of the molecule is C[C@H](c1cc(F)cc(F)c1)n1cnc(NC(=O)[C@H](C)N2CCC(F)(F)[C@@H](c3cc[n+]([O-])cc3)C2)c1. The molecule has 11 heteroatoms. The Bertz CT molecular complexity index is 1180. The quantitative estimate of drug-likeness (QED) is 0.323. The number of hydrogen-bond donors (Lipinski definition) is 1. The summed E-state index contributed by atoms with van der Waals surface area (Å²) in [5.41, 5.74) is 0.732. The number of aromatic nitrogens is 3. The van der Waals surface area contributed by atoms with E-state index in [9.17, 15) is 27.6 Å². The topological polar surface area (TPSA) is 77.1 Å². The van der Waals surface area contributed by atoms with E-state index < -0.39 is 47.9 Å². The van der Waals surface area contributed by atoms with Crippen LogP contribution in [0.25, 0.3) is 0 Å². The van der Waals surface area contributed by atoms with E-state index in [4.69, 9.17) is 0 Å². The fraction of sp³-hybridized carbons (Fsp3) is 0.375. The van der Waals surface area contributed by atoms with Crippen LogP contribution in [0.5, 0.6) is 0 Å². The summed E-state index contributed by atoms with van der Waals surface area (Å²) in [4.78, 5) is 18.7. The van der Waals surface area contributed by atoms with E-state index in [0.717, 1.165) is 6.07 Å². The first-order valence-corrected chi connectivity index (χ1v) is 11.1. The van der Waals surface area contributed by atoms with Crippen LogP contribution in [0, 0.1) is 16.8 Å². The predicted molar refractivity (Wildman–Crippen MR) is 120 cm³/mol. The molecule has 0 spiro atoms. The Morgan fingerprint density at radius 2 is 1.86 bits per heavy atom. The fourth-order valence-corrected chi connectivity index (χ4v) is 4.28. The number of hydrogen-bond acceptors (Lipinski definition) is 4. The Hall–Kier alpha value is -3.47. The number of pyridine rings is 1. The monoisotopic (exact) mass is 491 g/mol. The second-order valence-electron chi connectivity index (χ2n) is 8.80. The van der Waals surface area contributed by atoms with Crippen LogP contribution in [-0.4, -0.2) is 45.4 Å². The molecule has 1 fully saturated rings. The summed E-state index contributed by atoms with van der Waals surface area (Å²) in [6.45, 7) is 3.34. The van der Waals surface area contributed by atoms with Crippen LogP contribution in [-0.2, 0) is 4.79 Å². The maximum Gasteiger partial charge on any atom is 0.257 e. The van der Waals surface area contributed by atoms with Gasteiger partial charge < -0.3 is 15.1 Å². The molecular weight excluding hydrogens is 466 g/mol. The second kappa shape index (κ2) is 9.65. The van der Waals surface area contributed by atoms with Crippen LogP contribution in [0.3, 0.4) is 0 Å². The number of alkyl halides is 2. The van der Waals surface area contributed by atoms with Gasteiger partial charge in [0.25, 0.3) is 5.92 Å². The Labute approximate surface area is 199 Å². The highest BCUT2D eigenvalue weighted by Crippen LogP contribution is 2.40. The van der Waals surface area contributed by atoms with Crippen molar-refractivity contribution in [1.82, 2.24) is 14.5 Å². The molecule has 1 saturated heterocycles. The molecule has 1 aromatic carbocycles. The van der Waals surface area contributed by atoms with E-state index in [0.29, 0.717) is 15.9 Å². The van der Waals surface area contributed by atoms with Gasteiger partial charge in [-0.1, -0.05) is 0 Å². The molecule has 0 radical (unpaired) electrons. The molecule has 3 heterocycles. The van der Waals surface area contributed by atoms with Crippen LogP contribution in [0.15, 0.2) is 55.2 Å². The van der Waals surface area contributed by atoms with E-state index in [-0.39, 0.29) is 18.9 Å². The minimum absolute atomic E-state index is 0.0308. The minimum Gasteiger partial charge on any atom is -0.619 e. The summed E-state index contributed by atoms with van der Waals surface area (Å²) in [5, 5.41) is 14.0. The molecule has 1 amide bonds. The lowest BCUT2D eigenvalue weighted by atomic mass is 9.87. The summed E-state index contributed by atoms with van der Waals surface area (Å²) in [6, 6.07) is 4.81. The number of benzene rings is 1. The van der Waals surface area contributed by atoms with Crippen LogP contribution in [0.1, 0.15) is 43.4 Å². The number of imidazole rings is 1. The molecule has 7 nitrogen and oxygen atoms in total. The summed E-state index contributed by atoms with van der Waals surface area (Å²) < 4.78 is 58.5. The summed E-state index contributed by atoms with van der Waals surface area (Å²) in [7, 11) is 0. The third-order valence-corrected chi connectivity index (χ3v) is 6.48. The van der Waals surface area contributed by atoms with Gasteiger partial charge in [-0.2, -0.15) is 4.73 Å². The van der Waals surface area contributed by atoms with Gasteiger partial charge in [-0.05, 0) is 37.1 Å². The Kier molecular flexibility index (Phi) is 6.79. The molecule has 0 aliphatic carbocycles. The van der Waals surface area contributed by atoms with Gasteiger partial charge in [0, 0.05) is 43.9 Å². The molecule has 1 aliphatic heterocycles. The molecule has 0 saturated carbocycles. The molecule has 3 atom stereocenters. The maximum absolute atomic E-state index is 14.6. The van der Waals surface area contributed by atoms with Crippen molar-refractivity contribution in [2.75, 3.05) is 18.4 Å². The first-order valence-electron chi connectivity index (χ1n) is 11.1. The summed E-state index contributed by atoms with van der Waals surface area (Å²) >= 11 is 0. The van der Waals surface area contributed by atoms with Crippen molar-refractivity contribution in [3.8, 4) is 0 Å². The zero-order valence-electron chi connectivity index (χ0n) is 19.2. The van der Waals surface area contributed by atoms with Crippen LogP contribution < -0.4 is 10.0 Å². The smallest absolute Gasteiger partial charge is 0.257 e. The zero-order chi connectivity index (χ0) is 25.3. The lowest BCUT2D eigenvalue weighted by Crippen LogP contribution is -2.52. The van der Waals surface area contributed by atoms with Crippen LogP contribution in [0.4, 0.5) is 23.4 Å². The first kappa shape index (κ1) is 24.6. The molecule has 35 heavy (non-hydrogen) atoms. The van der Waals surface area contributed by atoms with Crippen molar-refractivity contribution >= 4 is 11.7 Å². The molecule has 0 bridgehead atoms. The summed E-state index contributed by atoms with van der Waals surface area (Å²) in [6.07, 6.45) is 4.90. The highest BCUT2D eigenvalue weighted by atomic mass is 19.3. The number of anilines is 1. The van der Waals surface area contributed by atoms with Gasteiger partial charge in [-0.3, -0.25) is 9.69 Å². The molecular formula is C24H25F4N5O2. The van der Waals surface area contributed by atoms with E-state index in [1.807, 2.05) is 0 Å². The number of halogens is 4. The number of amides is 1. The average molecular weight is 491 g/mol. The number of nitrogens with one attached hydrogen (secondary N) is 1. The highest BCUT2D eigenvalue weighted by molar-refractivity contribution is 5.93. The number of piperidine rings is 1. The molecule has 1 aliphatic rings. The van der Waals surface area contributed by atoms with Crippen molar-refractivity contribution in [3.05, 3.63) is 83.2 Å². The zero-order valence-corrected chi connectivity index (χ0v) is 19.2. The van der Waals surface area contributed by atoms with Crippen molar-refractivity contribution in [3.63, 3.8) is 0 Å². The van der Waals surface area contributed by atoms with Crippen molar-refractivity contribution in [2.45, 2.75) is 44.2 Å². The van der Waals surface area contributed by atoms with Gasteiger partial charge in [0.15, 0.2) is 18.2 Å². The van der Waals surface area contributed by atoms with Gasteiger partial charge in [0.1, 0.15) is 11.6 Å². The van der Waals surface area contributed by atoms with Gasteiger partial charge >= 0.3 is 0 Å². The van der Waals surface area contributed by atoms with Gasteiger partial charge in [-0.25, -0.2) is 22.5 Å². The van der Waals surface area contributed by atoms with E-state index in [1.165, 1.54) is 49.2 Å². The normalized spacial score (nSPS) is 19.8. The van der Waals surface area contributed by atoms with Crippen LogP contribution >= 0.6 is 0 Å². The van der Waals surface area contributed by atoms with E-state index >= 15 is 0 Å². The van der Waals surface area contributed by atoms with Gasteiger partial charge in [0.05, 0.1) is 24.3 Å². The number of likely N-dealkylation sites (tertiary alicyclic amines) is 1. The molecule has 0 unspecified atom stereocenters. The van der Waals surface area contributed by atoms with Crippen LogP contribution in [0.2, 0.25) is 0 Å². The number of carbonyl (C=O) groups is 1.